The van der Waals surface area contributed by atoms with Gasteiger partial charge in [-0.25, -0.2) is 4.79 Å². The number of anilines is 1. The first kappa shape index (κ1) is 16.0. The Morgan fingerprint density at radius 1 is 1.05 bits per heavy atom. The number of benzene rings is 2. The molecule has 2 aromatic carbocycles. The standard InChI is InChI=1S/C14H8Br2ClNO3/c15-9-3-8(4-10(17)6-9)13(19)18-12-5-7(14(20)21)1-2-11(12)16/h1-6H,(H,18,19)(H,20,21). The Balaban J connectivity index is 2.31. The molecule has 2 N–H and O–H groups in total. The van der Waals surface area contributed by atoms with Crippen molar-refractivity contribution in [1.29, 1.82) is 0 Å². The fourth-order valence-electron chi connectivity index (χ4n) is 1.63. The van der Waals surface area contributed by atoms with Crippen molar-refractivity contribution in [3.63, 3.8) is 0 Å². The van der Waals surface area contributed by atoms with Crippen molar-refractivity contribution in [1.82, 2.24) is 0 Å². The largest absolute Gasteiger partial charge is 0.478 e. The molecule has 0 radical (unpaired) electrons. The Morgan fingerprint density at radius 2 is 1.76 bits per heavy atom. The van der Waals surface area contributed by atoms with Gasteiger partial charge in [0, 0.05) is 19.5 Å². The molecule has 1 amide bonds. The summed E-state index contributed by atoms with van der Waals surface area (Å²) < 4.78 is 1.26. The van der Waals surface area contributed by atoms with Crippen molar-refractivity contribution in [2.45, 2.75) is 0 Å². The summed E-state index contributed by atoms with van der Waals surface area (Å²) in [4.78, 5) is 23.2. The van der Waals surface area contributed by atoms with Gasteiger partial charge in [0.2, 0.25) is 0 Å². The van der Waals surface area contributed by atoms with E-state index in [1.165, 1.54) is 18.2 Å². The molecular formula is C14H8Br2ClNO3. The van der Waals surface area contributed by atoms with Crippen LogP contribution in [0.15, 0.2) is 45.3 Å². The highest BCUT2D eigenvalue weighted by molar-refractivity contribution is 9.10. The summed E-state index contributed by atoms with van der Waals surface area (Å²) in [6, 6.07) is 9.20. The quantitative estimate of drug-likeness (QED) is 0.730. The van der Waals surface area contributed by atoms with Crippen LogP contribution in [0.4, 0.5) is 5.69 Å². The van der Waals surface area contributed by atoms with E-state index in [1.54, 1.807) is 18.2 Å². The summed E-state index contributed by atoms with van der Waals surface area (Å²) in [6.45, 7) is 0. The van der Waals surface area contributed by atoms with Crippen molar-refractivity contribution in [2.24, 2.45) is 0 Å². The average Bonchev–Trinajstić information content (AvgIpc) is 2.39. The molecule has 7 heteroatoms. The second kappa shape index (κ2) is 6.60. The van der Waals surface area contributed by atoms with Gasteiger partial charge >= 0.3 is 5.97 Å². The van der Waals surface area contributed by atoms with Crippen molar-refractivity contribution >= 4 is 61.0 Å². The maximum absolute atomic E-state index is 12.2. The Hall–Kier alpha value is -1.37. The normalized spacial score (nSPS) is 10.2. The lowest BCUT2D eigenvalue weighted by Crippen LogP contribution is -2.13. The summed E-state index contributed by atoms with van der Waals surface area (Å²) in [7, 11) is 0. The second-order valence-electron chi connectivity index (χ2n) is 4.11. The van der Waals surface area contributed by atoms with Gasteiger partial charge < -0.3 is 10.4 Å². The molecule has 0 aliphatic heterocycles. The number of hydrogen-bond donors (Lipinski definition) is 2. The van der Waals surface area contributed by atoms with Gasteiger partial charge in [0.25, 0.3) is 5.91 Å². The van der Waals surface area contributed by atoms with Gasteiger partial charge in [0.1, 0.15) is 0 Å². The van der Waals surface area contributed by atoms with Crippen LogP contribution in [-0.2, 0) is 0 Å². The molecule has 2 aromatic rings. The number of carboxylic acids is 1. The molecule has 0 atom stereocenters. The topological polar surface area (TPSA) is 66.4 Å². The number of aromatic carboxylic acids is 1. The maximum atomic E-state index is 12.2. The number of hydrogen-bond acceptors (Lipinski definition) is 2. The van der Waals surface area contributed by atoms with Crippen LogP contribution in [0.25, 0.3) is 0 Å². The van der Waals surface area contributed by atoms with E-state index in [-0.39, 0.29) is 11.5 Å². The zero-order valence-corrected chi connectivity index (χ0v) is 14.3. The highest BCUT2D eigenvalue weighted by atomic mass is 79.9. The highest BCUT2D eigenvalue weighted by Gasteiger charge is 2.12. The lowest BCUT2D eigenvalue weighted by Gasteiger charge is -2.09. The fourth-order valence-corrected chi connectivity index (χ4v) is 2.84. The van der Waals surface area contributed by atoms with Crippen molar-refractivity contribution in [3.05, 3.63) is 61.5 Å². The molecule has 0 aliphatic carbocycles. The number of amides is 1. The first-order valence-electron chi connectivity index (χ1n) is 5.67. The molecule has 0 bridgehead atoms. The molecule has 0 aliphatic rings. The lowest BCUT2D eigenvalue weighted by atomic mass is 10.1. The fraction of sp³-hybridized carbons (Fsp3) is 0. The Bertz CT molecular complexity index is 714. The van der Waals surface area contributed by atoms with Crippen LogP contribution in [0.1, 0.15) is 20.7 Å². The van der Waals surface area contributed by atoms with Crippen molar-refractivity contribution in [2.75, 3.05) is 5.32 Å². The number of carbonyl (C=O) groups is 2. The second-order valence-corrected chi connectivity index (χ2v) is 6.32. The number of rotatable bonds is 3. The number of carboxylic acid groups (broad SMARTS) is 1. The number of nitrogens with one attached hydrogen (secondary N) is 1. The summed E-state index contributed by atoms with van der Waals surface area (Å²) in [6.07, 6.45) is 0. The molecule has 0 fully saturated rings. The Kier molecular flexibility index (Phi) is 5.03. The van der Waals surface area contributed by atoms with E-state index < -0.39 is 5.97 Å². The Morgan fingerprint density at radius 3 is 2.38 bits per heavy atom. The molecule has 0 saturated heterocycles. The van der Waals surface area contributed by atoms with E-state index in [2.05, 4.69) is 37.2 Å². The minimum absolute atomic E-state index is 0.0841. The lowest BCUT2D eigenvalue weighted by molar-refractivity contribution is 0.0696. The minimum atomic E-state index is -1.07. The molecular weight excluding hydrogens is 425 g/mol. The predicted octanol–water partition coefficient (Wildman–Crippen LogP) is 4.82. The van der Waals surface area contributed by atoms with Crippen LogP contribution in [0.2, 0.25) is 5.02 Å². The van der Waals surface area contributed by atoms with Gasteiger partial charge in [0.05, 0.1) is 11.3 Å². The van der Waals surface area contributed by atoms with Gasteiger partial charge in [-0.3, -0.25) is 4.79 Å². The monoisotopic (exact) mass is 431 g/mol. The minimum Gasteiger partial charge on any atom is -0.478 e. The third-order valence-corrected chi connectivity index (χ3v) is 3.95. The van der Waals surface area contributed by atoms with E-state index in [1.807, 2.05) is 0 Å². The summed E-state index contributed by atoms with van der Waals surface area (Å²) >= 11 is 12.4. The third-order valence-electron chi connectivity index (χ3n) is 2.59. The molecule has 21 heavy (non-hydrogen) atoms. The van der Waals surface area contributed by atoms with E-state index in [4.69, 9.17) is 16.7 Å². The van der Waals surface area contributed by atoms with E-state index >= 15 is 0 Å². The average molecular weight is 433 g/mol. The molecule has 0 heterocycles. The smallest absolute Gasteiger partial charge is 0.335 e. The van der Waals surface area contributed by atoms with Crippen LogP contribution in [-0.4, -0.2) is 17.0 Å². The van der Waals surface area contributed by atoms with Gasteiger partial charge in [-0.05, 0) is 52.3 Å². The van der Waals surface area contributed by atoms with Crippen molar-refractivity contribution < 1.29 is 14.7 Å². The van der Waals surface area contributed by atoms with Crippen LogP contribution in [0, 0.1) is 0 Å². The van der Waals surface area contributed by atoms with Crippen LogP contribution in [0.5, 0.6) is 0 Å². The zero-order valence-electron chi connectivity index (χ0n) is 10.4. The van der Waals surface area contributed by atoms with E-state index in [9.17, 15) is 9.59 Å². The van der Waals surface area contributed by atoms with E-state index in [0.717, 1.165) is 0 Å². The van der Waals surface area contributed by atoms with Gasteiger partial charge in [-0.15, -0.1) is 0 Å². The summed E-state index contributed by atoms with van der Waals surface area (Å²) in [5.74, 6) is -1.45. The third kappa shape index (κ3) is 4.06. The van der Waals surface area contributed by atoms with Crippen LogP contribution in [0.3, 0.4) is 0 Å². The molecule has 4 nitrogen and oxygen atoms in total. The van der Waals surface area contributed by atoms with Crippen LogP contribution < -0.4 is 5.32 Å². The van der Waals surface area contributed by atoms with Crippen molar-refractivity contribution in [3.8, 4) is 0 Å². The molecule has 0 unspecified atom stereocenters. The Labute approximate surface area is 142 Å². The molecule has 0 saturated carbocycles. The zero-order chi connectivity index (χ0) is 15.6. The molecule has 108 valence electrons. The van der Waals surface area contributed by atoms with Gasteiger partial charge in [-0.1, -0.05) is 27.5 Å². The number of carbonyl (C=O) groups excluding carboxylic acids is 1. The number of halogens is 3. The maximum Gasteiger partial charge on any atom is 0.335 e. The van der Waals surface area contributed by atoms with Gasteiger partial charge in [-0.2, -0.15) is 0 Å². The van der Waals surface area contributed by atoms with E-state index in [0.29, 0.717) is 25.2 Å². The first-order chi connectivity index (χ1) is 9.86. The summed E-state index contributed by atoms with van der Waals surface area (Å²) in [5, 5.41) is 12.0. The summed E-state index contributed by atoms with van der Waals surface area (Å²) in [5.41, 5.74) is 0.818. The van der Waals surface area contributed by atoms with Gasteiger partial charge in [0.15, 0.2) is 0 Å². The first-order valence-corrected chi connectivity index (χ1v) is 7.63. The molecule has 2 rings (SSSR count). The SMILES string of the molecule is O=C(O)c1ccc(Br)c(NC(=O)c2cc(Cl)cc(Br)c2)c1. The predicted molar refractivity (Wildman–Crippen MR) is 88.2 cm³/mol. The highest BCUT2D eigenvalue weighted by Crippen LogP contribution is 2.25. The van der Waals surface area contributed by atoms with Crippen LogP contribution >= 0.6 is 43.5 Å². The molecule has 0 spiro atoms. The molecule has 0 aromatic heterocycles.